The molecule has 0 saturated carbocycles. The van der Waals surface area contributed by atoms with E-state index in [1.807, 2.05) is 24.8 Å². The zero-order valence-corrected chi connectivity index (χ0v) is 15.5. The highest BCUT2D eigenvalue weighted by atomic mass is 32.2. The van der Waals surface area contributed by atoms with Crippen LogP contribution in [0.15, 0.2) is 0 Å². The van der Waals surface area contributed by atoms with Crippen molar-refractivity contribution in [2.24, 2.45) is 11.3 Å². The number of rotatable bonds is 7. The Bertz CT molecular complexity index is 539. The van der Waals surface area contributed by atoms with Crippen LogP contribution in [-0.2, 0) is 14.8 Å². The van der Waals surface area contributed by atoms with Crippen LogP contribution >= 0.6 is 0 Å². The van der Waals surface area contributed by atoms with E-state index in [0.29, 0.717) is 39.0 Å². The van der Waals surface area contributed by atoms with Gasteiger partial charge in [-0.25, -0.2) is 12.7 Å². The molecule has 0 bridgehead atoms. The Hall–Kier alpha value is -1.13. The van der Waals surface area contributed by atoms with E-state index in [4.69, 9.17) is 5.26 Å². The van der Waals surface area contributed by atoms with E-state index in [-0.39, 0.29) is 24.0 Å². The molecule has 23 heavy (non-hydrogen) atoms. The normalized spacial score (nSPS) is 17.7. The summed E-state index contributed by atoms with van der Waals surface area (Å²) in [4.78, 5) is 14.2. The van der Waals surface area contributed by atoms with Gasteiger partial charge in [-0.2, -0.15) is 5.26 Å². The highest BCUT2D eigenvalue weighted by Crippen LogP contribution is 2.27. The maximum Gasteiger partial charge on any atom is 0.225 e. The second kappa shape index (κ2) is 8.11. The van der Waals surface area contributed by atoms with Crippen LogP contribution in [-0.4, -0.2) is 55.5 Å². The van der Waals surface area contributed by atoms with Crippen molar-refractivity contribution >= 4 is 15.9 Å². The molecule has 0 aromatic rings. The largest absolute Gasteiger partial charge is 0.343 e. The SMILES string of the molecule is CCN(CC)C(=O)C1CCN(S(=O)(=O)CC(C)(C)CC#N)CC1. The number of nitrogens with zero attached hydrogens (tertiary/aromatic N) is 3. The van der Waals surface area contributed by atoms with Crippen molar-refractivity contribution in [1.82, 2.24) is 9.21 Å². The molecule has 0 spiro atoms. The van der Waals surface area contributed by atoms with Crippen LogP contribution < -0.4 is 0 Å². The Morgan fingerprint density at radius 1 is 1.26 bits per heavy atom. The summed E-state index contributed by atoms with van der Waals surface area (Å²) >= 11 is 0. The molecule has 1 rings (SSSR count). The van der Waals surface area contributed by atoms with Gasteiger partial charge in [-0.1, -0.05) is 13.8 Å². The van der Waals surface area contributed by atoms with Crippen LogP contribution in [0.4, 0.5) is 0 Å². The van der Waals surface area contributed by atoms with Crippen molar-refractivity contribution in [3.05, 3.63) is 0 Å². The molecule has 1 aliphatic heterocycles. The van der Waals surface area contributed by atoms with Gasteiger partial charge in [0.05, 0.1) is 11.8 Å². The molecule has 0 aliphatic carbocycles. The highest BCUT2D eigenvalue weighted by molar-refractivity contribution is 7.89. The van der Waals surface area contributed by atoms with Gasteiger partial charge in [0.25, 0.3) is 0 Å². The summed E-state index contributed by atoms with van der Waals surface area (Å²) < 4.78 is 26.5. The number of piperidine rings is 1. The lowest BCUT2D eigenvalue weighted by Gasteiger charge is -2.34. The average Bonchev–Trinajstić information content (AvgIpc) is 2.47. The van der Waals surface area contributed by atoms with Gasteiger partial charge in [-0.3, -0.25) is 4.79 Å². The molecule has 1 fully saturated rings. The lowest BCUT2D eigenvalue weighted by Crippen LogP contribution is -2.46. The van der Waals surface area contributed by atoms with Gasteiger partial charge in [0.1, 0.15) is 0 Å². The van der Waals surface area contributed by atoms with Gasteiger partial charge >= 0.3 is 0 Å². The highest BCUT2D eigenvalue weighted by Gasteiger charge is 2.35. The van der Waals surface area contributed by atoms with Crippen LogP contribution in [0, 0.1) is 22.7 Å². The Balaban J connectivity index is 2.65. The standard InChI is InChI=1S/C16H29N3O3S/c1-5-18(6-2)15(20)14-7-11-19(12-8-14)23(21,22)13-16(3,4)9-10-17/h14H,5-9,11-13H2,1-4H3. The zero-order chi connectivity index (χ0) is 17.7. The fourth-order valence-corrected chi connectivity index (χ4v) is 5.06. The third kappa shape index (κ3) is 5.47. The fourth-order valence-electron chi connectivity index (χ4n) is 3.02. The molecule has 1 saturated heterocycles. The molecule has 0 aromatic heterocycles. The number of carbonyl (C=O) groups is 1. The van der Waals surface area contributed by atoms with E-state index in [1.165, 1.54) is 4.31 Å². The first-order chi connectivity index (χ1) is 10.7. The molecular formula is C16H29N3O3S. The Morgan fingerprint density at radius 3 is 2.22 bits per heavy atom. The zero-order valence-electron chi connectivity index (χ0n) is 14.7. The lowest BCUT2D eigenvalue weighted by atomic mass is 9.93. The van der Waals surface area contributed by atoms with Gasteiger partial charge in [0.15, 0.2) is 0 Å². The van der Waals surface area contributed by atoms with Gasteiger partial charge < -0.3 is 4.90 Å². The van der Waals surface area contributed by atoms with Crippen molar-refractivity contribution in [1.29, 1.82) is 5.26 Å². The molecule has 1 heterocycles. The van der Waals surface area contributed by atoms with Crippen LogP contribution in [0.3, 0.4) is 0 Å². The first-order valence-electron chi connectivity index (χ1n) is 8.30. The predicted octanol–water partition coefficient (Wildman–Crippen LogP) is 1.84. The number of amides is 1. The second-order valence-corrected chi connectivity index (χ2v) is 8.91. The molecule has 1 aliphatic rings. The molecule has 0 radical (unpaired) electrons. The van der Waals surface area contributed by atoms with E-state index in [1.54, 1.807) is 13.8 Å². The minimum Gasteiger partial charge on any atom is -0.343 e. The third-order valence-corrected chi connectivity index (χ3v) is 6.70. The third-order valence-electron chi connectivity index (χ3n) is 4.40. The smallest absolute Gasteiger partial charge is 0.225 e. The van der Waals surface area contributed by atoms with Crippen molar-refractivity contribution in [2.45, 2.75) is 47.0 Å². The number of sulfonamides is 1. The monoisotopic (exact) mass is 343 g/mol. The van der Waals surface area contributed by atoms with E-state index in [9.17, 15) is 13.2 Å². The topological polar surface area (TPSA) is 81.5 Å². The minimum absolute atomic E-state index is 0.0256. The predicted molar refractivity (Wildman–Crippen MR) is 90.0 cm³/mol. The average molecular weight is 343 g/mol. The Morgan fingerprint density at radius 2 is 1.78 bits per heavy atom. The van der Waals surface area contributed by atoms with Crippen molar-refractivity contribution in [3.63, 3.8) is 0 Å². The molecule has 7 heteroatoms. The van der Waals surface area contributed by atoms with Crippen LogP contribution in [0.1, 0.15) is 47.0 Å². The fraction of sp³-hybridized carbons (Fsp3) is 0.875. The van der Waals surface area contributed by atoms with Crippen LogP contribution in [0.2, 0.25) is 0 Å². The first-order valence-corrected chi connectivity index (χ1v) is 9.91. The van der Waals surface area contributed by atoms with E-state index >= 15 is 0 Å². The molecular weight excluding hydrogens is 314 g/mol. The lowest BCUT2D eigenvalue weighted by molar-refractivity contribution is -0.136. The van der Waals surface area contributed by atoms with Crippen molar-refractivity contribution in [2.75, 3.05) is 31.9 Å². The number of carbonyl (C=O) groups excluding carboxylic acids is 1. The summed E-state index contributed by atoms with van der Waals surface area (Å²) in [7, 11) is -3.39. The van der Waals surface area contributed by atoms with Gasteiger partial charge in [-0.15, -0.1) is 0 Å². The van der Waals surface area contributed by atoms with Crippen LogP contribution in [0.5, 0.6) is 0 Å². The number of nitriles is 1. The molecule has 0 atom stereocenters. The summed E-state index contributed by atoms with van der Waals surface area (Å²) in [6.07, 6.45) is 1.36. The van der Waals surface area contributed by atoms with Crippen LogP contribution in [0.25, 0.3) is 0 Å². The van der Waals surface area contributed by atoms with Crippen molar-refractivity contribution < 1.29 is 13.2 Å². The molecule has 132 valence electrons. The molecule has 0 unspecified atom stereocenters. The summed E-state index contributed by atoms with van der Waals surface area (Å²) in [6, 6.07) is 2.05. The molecule has 1 amide bonds. The molecule has 0 N–H and O–H groups in total. The summed E-state index contributed by atoms with van der Waals surface area (Å²) in [6.45, 7) is 9.67. The van der Waals surface area contributed by atoms with Gasteiger partial charge in [0.2, 0.25) is 15.9 Å². The summed E-state index contributed by atoms with van der Waals surface area (Å²) in [5.41, 5.74) is -0.554. The quantitative estimate of drug-likeness (QED) is 0.706. The van der Waals surface area contributed by atoms with Gasteiger partial charge in [-0.05, 0) is 32.1 Å². The number of hydrogen-bond donors (Lipinski definition) is 0. The molecule has 0 aromatic carbocycles. The first kappa shape index (κ1) is 19.9. The summed E-state index contributed by atoms with van der Waals surface area (Å²) in [5.74, 6) is 0.0349. The van der Waals surface area contributed by atoms with E-state index in [2.05, 4.69) is 0 Å². The van der Waals surface area contributed by atoms with Gasteiger partial charge in [0, 0.05) is 38.5 Å². The maximum atomic E-state index is 12.5. The van der Waals surface area contributed by atoms with E-state index in [0.717, 1.165) is 0 Å². The van der Waals surface area contributed by atoms with Crippen molar-refractivity contribution in [3.8, 4) is 6.07 Å². The minimum atomic E-state index is -3.39. The Labute approximate surface area is 140 Å². The number of hydrogen-bond acceptors (Lipinski definition) is 4. The maximum absolute atomic E-state index is 12.5. The Kier molecular flexibility index (Phi) is 7.02. The second-order valence-electron chi connectivity index (χ2n) is 6.94. The molecule has 6 nitrogen and oxygen atoms in total. The van der Waals surface area contributed by atoms with E-state index < -0.39 is 15.4 Å². The summed E-state index contributed by atoms with van der Waals surface area (Å²) in [5, 5.41) is 8.80.